The van der Waals surface area contributed by atoms with Gasteiger partial charge in [-0.3, -0.25) is 0 Å². The van der Waals surface area contributed by atoms with E-state index < -0.39 is 41.8 Å². The molecular weight excluding hydrogens is 468 g/mol. The summed E-state index contributed by atoms with van der Waals surface area (Å²) in [6.45, 7) is 5.11. The molecule has 0 bridgehead atoms. The first-order valence-electron chi connectivity index (χ1n) is 11.3. The van der Waals surface area contributed by atoms with Crippen LogP contribution in [0.3, 0.4) is 0 Å². The van der Waals surface area contributed by atoms with Gasteiger partial charge in [0.15, 0.2) is 0 Å². The van der Waals surface area contributed by atoms with Gasteiger partial charge in [0, 0.05) is 12.8 Å². The Morgan fingerprint density at radius 1 is 0.833 bits per heavy atom. The van der Waals surface area contributed by atoms with E-state index in [0.717, 1.165) is 5.56 Å². The number of hydrogen-bond donors (Lipinski definition) is 3. The van der Waals surface area contributed by atoms with Gasteiger partial charge in [-0.15, -0.1) is 0 Å². The molecule has 0 aliphatic heterocycles. The Kier molecular flexibility index (Phi) is 10.3. The molecule has 0 aromatic heterocycles. The minimum absolute atomic E-state index is 0.00800. The largest absolute Gasteiger partial charge is 0.480 e. The molecule has 0 unspecified atom stereocenters. The van der Waals surface area contributed by atoms with E-state index in [1.807, 2.05) is 6.07 Å². The number of nitrogens with one attached hydrogen (secondary N) is 2. The summed E-state index contributed by atoms with van der Waals surface area (Å²) in [4.78, 5) is 48.3. The molecule has 0 heterocycles. The Labute approximate surface area is 209 Å². The van der Waals surface area contributed by atoms with Crippen LogP contribution in [0.25, 0.3) is 0 Å². The third kappa shape index (κ3) is 10.0. The third-order valence-electron chi connectivity index (χ3n) is 4.85. The van der Waals surface area contributed by atoms with Crippen molar-refractivity contribution in [1.82, 2.24) is 10.6 Å². The first-order chi connectivity index (χ1) is 17.0. The number of carbonyl (C=O) groups excluding carboxylic acids is 3. The standard InChI is InChI=1S/C26H32N2O8/c1-26(2,3)36-25(33)28-21(23(31)34-4)15-19-12-8-11-18(13-19)14-20(22(29)30)27-24(32)35-16-17-9-6-5-7-10-17/h5-13,20-21H,14-16H2,1-4H3,(H,27,32)(H,28,33)(H,29,30)/t20-,21-/m0/s1. The number of methoxy groups -OCH3 is 1. The van der Waals surface area contributed by atoms with Crippen LogP contribution in [-0.4, -0.2) is 54.0 Å². The van der Waals surface area contributed by atoms with Crippen LogP contribution in [0.4, 0.5) is 9.59 Å². The zero-order valence-corrected chi connectivity index (χ0v) is 20.8. The second kappa shape index (κ2) is 13.1. The number of carbonyl (C=O) groups is 4. The fraction of sp³-hybridized carbons (Fsp3) is 0.385. The van der Waals surface area contributed by atoms with Crippen molar-refractivity contribution in [3.63, 3.8) is 0 Å². The van der Waals surface area contributed by atoms with Crippen molar-refractivity contribution in [2.24, 2.45) is 0 Å². The van der Waals surface area contributed by atoms with Gasteiger partial charge in [0.25, 0.3) is 0 Å². The highest BCUT2D eigenvalue weighted by Gasteiger charge is 2.26. The number of aliphatic carboxylic acids is 1. The van der Waals surface area contributed by atoms with E-state index in [9.17, 15) is 24.3 Å². The maximum absolute atomic E-state index is 12.2. The normalized spacial score (nSPS) is 12.6. The molecule has 36 heavy (non-hydrogen) atoms. The highest BCUT2D eigenvalue weighted by molar-refractivity contribution is 5.82. The van der Waals surface area contributed by atoms with Gasteiger partial charge >= 0.3 is 24.1 Å². The van der Waals surface area contributed by atoms with Crippen molar-refractivity contribution in [1.29, 1.82) is 0 Å². The molecule has 0 radical (unpaired) electrons. The molecule has 2 amide bonds. The van der Waals surface area contributed by atoms with E-state index in [-0.39, 0.29) is 19.4 Å². The summed E-state index contributed by atoms with van der Waals surface area (Å²) in [7, 11) is 1.21. The molecule has 2 rings (SSSR count). The Morgan fingerprint density at radius 3 is 1.94 bits per heavy atom. The highest BCUT2D eigenvalue weighted by Crippen LogP contribution is 2.13. The fourth-order valence-corrected chi connectivity index (χ4v) is 3.25. The van der Waals surface area contributed by atoms with Gasteiger partial charge in [0.1, 0.15) is 24.3 Å². The Balaban J connectivity index is 2.03. The fourth-order valence-electron chi connectivity index (χ4n) is 3.25. The van der Waals surface area contributed by atoms with Crippen LogP contribution in [0, 0.1) is 0 Å². The van der Waals surface area contributed by atoms with E-state index in [2.05, 4.69) is 10.6 Å². The molecule has 2 atom stereocenters. The van der Waals surface area contributed by atoms with Gasteiger partial charge in [0.05, 0.1) is 7.11 Å². The molecule has 0 aliphatic carbocycles. The number of esters is 1. The highest BCUT2D eigenvalue weighted by atomic mass is 16.6. The second-order valence-corrected chi connectivity index (χ2v) is 9.05. The molecular formula is C26H32N2O8. The average Bonchev–Trinajstić information content (AvgIpc) is 2.81. The lowest BCUT2D eigenvalue weighted by Gasteiger charge is -2.22. The molecule has 194 valence electrons. The summed E-state index contributed by atoms with van der Waals surface area (Å²) < 4.78 is 15.1. The number of carboxylic acid groups (broad SMARTS) is 1. The van der Waals surface area contributed by atoms with E-state index in [4.69, 9.17) is 14.2 Å². The molecule has 2 aromatic carbocycles. The van der Waals surface area contributed by atoms with Crippen LogP contribution in [0.5, 0.6) is 0 Å². The van der Waals surface area contributed by atoms with Gasteiger partial charge in [-0.05, 0) is 37.5 Å². The predicted octanol–water partition coefficient (Wildman–Crippen LogP) is 3.22. The number of benzene rings is 2. The summed E-state index contributed by atoms with van der Waals surface area (Å²) in [5, 5.41) is 14.5. The Morgan fingerprint density at radius 2 is 1.39 bits per heavy atom. The maximum Gasteiger partial charge on any atom is 0.408 e. The zero-order chi connectivity index (χ0) is 26.7. The second-order valence-electron chi connectivity index (χ2n) is 9.05. The molecule has 3 N–H and O–H groups in total. The van der Waals surface area contributed by atoms with Gasteiger partial charge in [-0.1, -0.05) is 54.6 Å². The summed E-state index contributed by atoms with van der Waals surface area (Å²) in [5.41, 5.74) is 1.28. The topological polar surface area (TPSA) is 140 Å². The zero-order valence-electron chi connectivity index (χ0n) is 20.8. The summed E-state index contributed by atoms with van der Waals surface area (Å²) in [6.07, 6.45) is -1.55. The van der Waals surface area contributed by atoms with Crippen molar-refractivity contribution in [2.45, 2.75) is 57.9 Å². The molecule has 0 saturated carbocycles. The molecule has 0 fully saturated rings. The van der Waals surface area contributed by atoms with Crippen molar-refractivity contribution in [3.05, 3.63) is 71.3 Å². The minimum Gasteiger partial charge on any atom is -0.480 e. The third-order valence-corrected chi connectivity index (χ3v) is 4.85. The first kappa shape index (κ1) is 28.2. The SMILES string of the molecule is COC(=O)[C@H](Cc1cccc(C[C@H](NC(=O)OCc2ccccc2)C(=O)O)c1)NC(=O)OC(C)(C)C. The van der Waals surface area contributed by atoms with E-state index in [1.165, 1.54) is 7.11 Å². The van der Waals surface area contributed by atoms with Crippen LogP contribution in [0.15, 0.2) is 54.6 Å². The van der Waals surface area contributed by atoms with Crippen molar-refractivity contribution < 1.29 is 38.5 Å². The van der Waals surface area contributed by atoms with Crippen LogP contribution in [-0.2, 0) is 43.2 Å². The van der Waals surface area contributed by atoms with E-state index >= 15 is 0 Å². The van der Waals surface area contributed by atoms with Crippen LogP contribution >= 0.6 is 0 Å². The molecule has 0 aliphatic rings. The predicted molar refractivity (Wildman–Crippen MR) is 130 cm³/mol. The Hall–Kier alpha value is -4.08. The van der Waals surface area contributed by atoms with Gasteiger partial charge < -0.3 is 30.0 Å². The van der Waals surface area contributed by atoms with Crippen LogP contribution < -0.4 is 10.6 Å². The van der Waals surface area contributed by atoms with Crippen molar-refractivity contribution in [3.8, 4) is 0 Å². The number of hydrogen-bond acceptors (Lipinski definition) is 7. The lowest BCUT2D eigenvalue weighted by atomic mass is 9.99. The van der Waals surface area contributed by atoms with E-state index in [1.54, 1.807) is 69.3 Å². The lowest BCUT2D eigenvalue weighted by molar-refractivity contribution is -0.143. The van der Waals surface area contributed by atoms with E-state index in [0.29, 0.717) is 11.1 Å². The van der Waals surface area contributed by atoms with Crippen LogP contribution in [0.2, 0.25) is 0 Å². The molecule has 0 spiro atoms. The Bertz CT molecular complexity index is 1050. The number of amides is 2. The maximum atomic E-state index is 12.2. The number of carboxylic acids is 1. The average molecular weight is 501 g/mol. The number of alkyl carbamates (subject to hydrolysis) is 2. The molecule has 2 aromatic rings. The number of rotatable bonds is 10. The summed E-state index contributed by atoms with van der Waals surface area (Å²) >= 11 is 0. The molecule has 10 nitrogen and oxygen atoms in total. The summed E-state index contributed by atoms with van der Waals surface area (Å²) in [5.74, 6) is -1.88. The lowest BCUT2D eigenvalue weighted by Crippen LogP contribution is -2.45. The van der Waals surface area contributed by atoms with Crippen molar-refractivity contribution in [2.75, 3.05) is 7.11 Å². The van der Waals surface area contributed by atoms with Gasteiger partial charge in [-0.25, -0.2) is 19.2 Å². The minimum atomic E-state index is -1.24. The van der Waals surface area contributed by atoms with Crippen LogP contribution in [0.1, 0.15) is 37.5 Å². The molecule has 10 heteroatoms. The van der Waals surface area contributed by atoms with Gasteiger partial charge in [-0.2, -0.15) is 0 Å². The van der Waals surface area contributed by atoms with Crippen molar-refractivity contribution >= 4 is 24.1 Å². The number of ether oxygens (including phenoxy) is 3. The monoisotopic (exact) mass is 500 g/mol. The quantitative estimate of drug-likeness (QED) is 0.334. The summed E-state index contributed by atoms with van der Waals surface area (Å²) in [6, 6.07) is 13.6. The molecule has 0 saturated heterocycles. The first-order valence-corrected chi connectivity index (χ1v) is 11.3. The van der Waals surface area contributed by atoms with Gasteiger partial charge in [0.2, 0.25) is 0 Å². The smallest absolute Gasteiger partial charge is 0.408 e.